The predicted molar refractivity (Wildman–Crippen MR) is 69.4 cm³/mol. The number of benzene rings is 1. The minimum Gasteiger partial charge on any atom is -0.443 e. The molecule has 0 atom stereocenters. The number of nitrogens with one attached hydrogen (secondary N) is 1. The van der Waals surface area contributed by atoms with Gasteiger partial charge in [0.1, 0.15) is 5.52 Å². The molecule has 0 fully saturated rings. The zero-order valence-electron chi connectivity index (χ0n) is 10.0. The van der Waals surface area contributed by atoms with Crippen LogP contribution in [0.3, 0.4) is 0 Å². The number of rotatable bonds is 3. The van der Waals surface area contributed by atoms with E-state index in [1.165, 1.54) is 6.39 Å². The van der Waals surface area contributed by atoms with E-state index >= 15 is 0 Å². The van der Waals surface area contributed by atoms with E-state index in [1.54, 1.807) is 24.4 Å². The molecule has 3 aromatic rings. The highest BCUT2D eigenvalue weighted by Gasteiger charge is 2.08. The maximum Gasteiger partial charge on any atom is 0.251 e. The van der Waals surface area contributed by atoms with Gasteiger partial charge in [-0.15, -0.1) is 0 Å². The monoisotopic (exact) mass is 253 g/mol. The Morgan fingerprint density at radius 1 is 1.21 bits per heavy atom. The number of aromatic nitrogens is 2. The molecule has 0 radical (unpaired) electrons. The first kappa shape index (κ1) is 11.4. The molecule has 1 aromatic carbocycles. The standard InChI is InChI=1S/C14H11N3O2/c18-14(16-8-11-3-1-2-6-15-11)10-4-5-12-13(7-10)19-9-17-12/h1-7,9H,8H2,(H,16,18). The molecule has 5 nitrogen and oxygen atoms in total. The third kappa shape index (κ3) is 2.44. The lowest BCUT2D eigenvalue weighted by atomic mass is 10.2. The summed E-state index contributed by atoms with van der Waals surface area (Å²) >= 11 is 0. The van der Waals surface area contributed by atoms with Crippen molar-refractivity contribution in [3.05, 3.63) is 60.2 Å². The van der Waals surface area contributed by atoms with Gasteiger partial charge in [-0.05, 0) is 30.3 Å². The SMILES string of the molecule is O=C(NCc1ccccn1)c1ccc2ncoc2c1. The molecule has 0 aliphatic heterocycles. The van der Waals surface area contributed by atoms with Crippen LogP contribution < -0.4 is 5.32 Å². The maximum atomic E-state index is 12.0. The minimum absolute atomic E-state index is 0.163. The zero-order chi connectivity index (χ0) is 13.1. The number of amides is 1. The van der Waals surface area contributed by atoms with Gasteiger partial charge in [0.2, 0.25) is 0 Å². The molecule has 2 aromatic heterocycles. The molecule has 94 valence electrons. The highest BCUT2D eigenvalue weighted by Crippen LogP contribution is 2.14. The average molecular weight is 253 g/mol. The van der Waals surface area contributed by atoms with Gasteiger partial charge in [-0.25, -0.2) is 4.98 Å². The van der Waals surface area contributed by atoms with Crippen LogP contribution in [0.15, 0.2) is 53.4 Å². The number of oxazole rings is 1. The number of carbonyl (C=O) groups excluding carboxylic acids is 1. The van der Waals surface area contributed by atoms with Crippen LogP contribution >= 0.6 is 0 Å². The van der Waals surface area contributed by atoms with E-state index in [0.29, 0.717) is 17.7 Å². The van der Waals surface area contributed by atoms with Crippen LogP contribution in [-0.2, 0) is 6.54 Å². The van der Waals surface area contributed by atoms with Gasteiger partial charge in [0.15, 0.2) is 12.0 Å². The van der Waals surface area contributed by atoms with E-state index < -0.39 is 0 Å². The topological polar surface area (TPSA) is 68.0 Å². The van der Waals surface area contributed by atoms with Gasteiger partial charge in [-0.2, -0.15) is 0 Å². The molecule has 19 heavy (non-hydrogen) atoms. The molecule has 0 unspecified atom stereocenters. The molecule has 0 aliphatic carbocycles. The summed E-state index contributed by atoms with van der Waals surface area (Å²) in [5.74, 6) is -0.163. The van der Waals surface area contributed by atoms with Gasteiger partial charge in [-0.3, -0.25) is 9.78 Å². The van der Waals surface area contributed by atoms with E-state index in [4.69, 9.17) is 4.42 Å². The first-order valence-corrected chi connectivity index (χ1v) is 5.84. The first-order chi connectivity index (χ1) is 9.33. The van der Waals surface area contributed by atoms with Crippen LogP contribution in [0.1, 0.15) is 16.1 Å². The van der Waals surface area contributed by atoms with Crippen molar-refractivity contribution in [1.82, 2.24) is 15.3 Å². The van der Waals surface area contributed by atoms with Crippen molar-refractivity contribution >= 4 is 17.0 Å². The van der Waals surface area contributed by atoms with Crippen molar-refractivity contribution in [3.8, 4) is 0 Å². The van der Waals surface area contributed by atoms with Crippen molar-refractivity contribution in [1.29, 1.82) is 0 Å². The average Bonchev–Trinajstić information content (AvgIpc) is 2.93. The van der Waals surface area contributed by atoms with Gasteiger partial charge in [0.25, 0.3) is 5.91 Å². The fraction of sp³-hybridized carbons (Fsp3) is 0.0714. The van der Waals surface area contributed by atoms with Crippen LogP contribution in [0.5, 0.6) is 0 Å². The lowest BCUT2D eigenvalue weighted by Crippen LogP contribution is -2.23. The Balaban J connectivity index is 1.73. The lowest BCUT2D eigenvalue weighted by Gasteiger charge is -2.04. The lowest BCUT2D eigenvalue weighted by molar-refractivity contribution is 0.0950. The quantitative estimate of drug-likeness (QED) is 0.776. The maximum absolute atomic E-state index is 12.0. The summed E-state index contributed by atoms with van der Waals surface area (Å²) in [5, 5.41) is 2.81. The summed E-state index contributed by atoms with van der Waals surface area (Å²) in [6.07, 6.45) is 3.06. The molecule has 0 bridgehead atoms. The number of fused-ring (bicyclic) bond motifs is 1. The third-order valence-electron chi connectivity index (χ3n) is 2.75. The molecule has 0 saturated heterocycles. The van der Waals surface area contributed by atoms with Crippen LogP contribution in [-0.4, -0.2) is 15.9 Å². The summed E-state index contributed by atoms with van der Waals surface area (Å²) in [4.78, 5) is 20.1. The molecule has 5 heteroatoms. The Labute approximate surface area is 109 Å². The summed E-state index contributed by atoms with van der Waals surface area (Å²) in [6, 6.07) is 10.7. The Morgan fingerprint density at radius 2 is 2.16 bits per heavy atom. The predicted octanol–water partition coefficient (Wildman–Crippen LogP) is 2.15. The second-order valence-corrected chi connectivity index (χ2v) is 4.04. The summed E-state index contributed by atoms with van der Waals surface area (Å²) in [5.41, 5.74) is 2.70. The van der Waals surface area contributed by atoms with E-state index in [1.807, 2.05) is 18.2 Å². The van der Waals surface area contributed by atoms with Crippen molar-refractivity contribution < 1.29 is 9.21 Å². The summed E-state index contributed by atoms with van der Waals surface area (Å²) in [6.45, 7) is 0.397. The molecule has 0 spiro atoms. The Morgan fingerprint density at radius 3 is 3.00 bits per heavy atom. The largest absolute Gasteiger partial charge is 0.443 e. The number of nitrogens with zero attached hydrogens (tertiary/aromatic N) is 2. The molecule has 0 saturated carbocycles. The van der Waals surface area contributed by atoms with Crippen molar-refractivity contribution in [2.24, 2.45) is 0 Å². The molecule has 0 aliphatic rings. The molecule has 3 rings (SSSR count). The van der Waals surface area contributed by atoms with Crippen LogP contribution in [0.25, 0.3) is 11.1 Å². The van der Waals surface area contributed by atoms with Crippen LogP contribution in [0, 0.1) is 0 Å². The fourth-order valence-electron chi connectivity index (χ4n) is 1.77. The van der Waals surface area contributed by atoms with Gasteiger partial charge in [-0.1, -0.05) is 6.07 Å². The third-order valence-corrected chi connectivity index (χ3v) is 2.75. The van der Waals surface area contributed by atoms with E-state index in [0.717, 1.165) is 11.2 Å². The second kappa shape index (κ2) is 4.89. The minimum atomic E-state index is -0.163. The molecule has 2 heterocycles. The van der Waals surface area contributed by atoms with E-state index in [-0.39, 0.29) is 5.91 Å². The van der Waals surface area contributed by atoms with E-state index in [9.17, 15) is 4.79 Å². The number of hydrogen-bond acceptors (Lipinski definition) is 4. The highest BCUT2D eigenvalue weighted by molar-refractivity contribution is 5.96. The fourth-order valence-corrected chi connectivity index (χ4v) is 1.77. The first-order valence-electron chi connectivity index (χ1n) is 5.84. The molecule has 1 N–H and O–H groups in total. The van der Waals surface area contributed by atoms with Crippen molar-refractivity contribution in [2.75, 3.05) is 0 Å². The van der Waals surface area contributed by atoms with Crippen LogP contribution in [0.2, 0.25) is 0 Å². The van der Waals surface area contributed by atoms with Gasteiger partial charge in [0, 0.05) is 11.8 Å². The Hall–Kier alpha value is -2.69. The molecular formula is C14H11N3O2. The van der Waals surface area contributed by atoms with E-state index in [2.05, 4.69) is 15.3 Å². The Bertz CT molecular complexity index is 707. The summed E-state index contributed by atoms with van der Waals surface area (Å²) in [7, 11) is 0. The number of carbonyl (C=O) groups is 1. The number of hydrogen-bond donors (Lipinski definition) is 1. The zero-order valence-corrected chi connectivity index (χ0v) is 10.0. The normalized spacial score (nSPS) is 10.5. The van der Waals surface area contributed by atoms with Crippen LogP contribution in [0.4, 0.5) is 0 Å². The van der Waals surface area contributed by atoms with Gasteiger partial charge >= 0.3 is 0 Å². The smallest absolute Gasteiger partial charge is 0.251 e. The second-order valence-electron chi connectivity index (χ2n) is 4.04. The molecule has 1 amide bonds. The van der Waals surface area contributed by atoms with Gasteiger partial charge < -0.3 is 9.73 Å². The highest BCUT2D eigenvalue weighted by atomic mass is 16.3. The van der Waals surface area contributed by atoms with Crippen molar-refractivity contribution in [3.63, 3.8) is 0 Å². The number of pyridine rings is 1. The van der Waals surface area contributed by atoms with Gasteiger partial charge in [0.05, 0.1) is 12.2 Å². The Kier molecular flexibility index (Phi) is 2.94. The van der Waals surface area contributed by atoms with Crippen molar-refractivity contribution in [2.45, 2.75) is 6.54 Å². The summed E-state index contributed by atoms with van der Waals surface area (Å²) < 4.78 is 5.17. The molecular weight excluding hydrogens is 242 g/mol.